The van der Waals surface area contributed by atoms with Crippen LogP contribution in [0.3, 0.4) is 0 Å². The number of carbonyl (C=O) groups is 1. The predicted octanol–water partition coefficient (Wildman–Crippen LogP) is 7.02. The van der Waals surface area contributed by atoms with Crippen LogP contribution in [0, 0.1) is 10.1 Å². The van der Waals surface area contributed by atoms with E-state index in [4.69, 9.17) is 18.9 Å². The highest BCUT2D eigenvalue weighted by atomic mass is 19.4. The molecule has 276 valence electrons. The van der Waals surface area contributed by atoms with Gasteiger partial charge in [0, 0.05) is 60.5 Å². The van der Waals surface area contributed by atoms with Gasteiger partial charge in [0.1, 0.15) is 6.10 Å². The number of aromatic nitrogens is 1. The number of piperidine rings is 1. The van der Waals surface area contributed by atoms with E-state index in [2.05, 4.69) is 0 Å². The summed E-state index contributed by atoms with van der Waals surface area (Å²) in [5, 5.41) is 23.6. The average molecular weight is 724 g/mol. The lowest BCUT2D eigenvalue weighted by molar-refractivity contribution is -0.384. The van der Waals surface area contributed by atoms with Crippen LogP contribution in [-0.2, 0) is 21.7 Å². The van der Waals surface area contributed by atoms with Crippen molar-refractivity contribution in [3.63, 3.8) is 0 Å². The van der Waals surface area contributed by atoms with Crippen LogP contribution in [0.5, 0.6) is 17.2 Å². The third-order valence-electron chi connectivity index (χ3n) is 9.91. The van der Waals surface area contributed by atoms with Gasteiger partial charge in [0.15, 0.2) is 11.5 Å². The van der Waals surface area contributed by atoms with E-state index in [1.54, 1.807) is 42.2 Å². The number of aliphatic hydroxyl groups is 1. The number of benzene rings is 3. The van der Waals surface area contributed by atoms with Crippen LogP contribution in [-0.4, -0.2) is 77.2 Å². The maximum absolute atomic E-state index is 15.2. The molecule has 3 atom stereocenters. The van der Waals surface area contributed by atoms with E-state index < -0.39 is 29.2 Å². The molecule has 4 aromatic rings. The topological polar surface area (TPSA) is 126 Å². The first-order valence-electron chi connectivity index (χ1n) is 17.0. The molecule has 0 radical (unpaired) electrons. The van der Waals surface area contributed by atoms with E-state index >= 15 is 13.2 Å². The molecule has 2 fully saturated rings. The molecule has 6 rings (SSSR count). The lowest BCUT2D eigenvalue weighted by Crippen LogP contribution is -2.56. The fraction of sp³-hybridized carbons (Fsp3) is 0.395. The molecule has 0 saturated carbocycles. The number of rotatable bonds is 13. The molecule has 11 nitrogen and oxygen atoms in total. The molecular weight excluding hydrogens is 683 g/mol. The van der Waals surface area contributed by atoms with Gasteiger partial charge in [-0.2, -0.15) is 13.2 Å². The lowest BCUT2D eigenvalue weighted by atomic mass is 9.89. The number of halogens is 3. The zero-order valence-electron chi connectivity index (χ0n) is 29.0. The summed E-state index contributed by atoms with van der Waals surface area (Å²) in [4.78, 5) is 24.6. The molecule has 1 N–H and O–H groups in total. The van der Waals surface area contributed by atoms with Gasteiger partial charge in [0.2, 0.25) is 11.4 Å². The Morgan fingerprint density at radius 1 is 1.02 bits per heavy atom. The Kier molecular flexibility index (Phi) is 10.5. The number of nitro groups is 1. The summed E-state index contributed by atoms with van der Waals surface area (Å²) in [5.74, 6) is 0.554. The molecule has 0 spiro atoms. The van der Waals surface area contributed by atoms with Gasteiger partial charge in [-0.05, 0) is 68.0 Å². The van der Waals surface area contributed by atoms with Gasteiger partial charge >= 0.3 is 12.1 Å². The smallest absolute Gasteiger partial charge is 0.422 e. The summed E-state index contributed by atoms with van der Waals surface area (Å²) in [7, 11) is 2.94. The quantitative estimate of drug-likeness (QED) is 0.0671. The van der Waals surface area contributed by atoms with Crippen LogP contribution in [0.1, 0.15) is 49.3 Å². The van der Waals surface area contributed by atoms with Crippen molar-refractivity contribution < 1.29 is 46.9 Å². The maximum atomic E-state index is 15.2. The summed E-state index contributed by atoms with van der Waals surface area (Å²) >= 11 is 0. The molecule has 2 aliphatic rings. The Morgan fingerprint density at radius 3 is 2.25 bits per heavy atom. The Hall–Kier alpha value is -5.08. The molecule has 1 aromatic heterocycles. The highest BCUT2D eigenvalue weighted by Crippen LogP contribution is 2.48. The van der Waals surface area contributed by atoms with Crippen molar-refractivity contribution in [1.29, 1.82) is 0 Å². The fourth-order valence-electron chi connectivity index (χ4n) is 7.44. The molecule has 3 unspecified atom stereocenters. The number of carbonyl (C=O) groups excluding carboxylic acids is 1. The second kappa shape index (κ2) is 14.9. The molecule has 14 heteroatoms. The van der Waals surface area contributed by atoms with Crippen LogP contribution in [0.25, 0.3) is 17.0 Å². The molecule has 2 bridgehead atoms. The van der Waals surface area contributed by atoms with Crippen LogP contribution in [0.15, 0.2) is 72.9 Å². The lowest BCUT2D eigenvalue weighted by Gasteiger charge is -2.43. The number of ether oxygens (including phenoxy) is 4. The van der Waals surface area contributed by atoms with Gasteiger partial charge in [-0.3, -0.25) is 15.0 Å². The normalized spacial score (nSPS) is 20.2. The minimum absolute atomic E-state index is 0.0895. The number of nitrogens with zero attached hydrogens (tertiary/aromatic N) is 3. The standard InChI is InChI=1S/C38H40F3N3O8/c1-4-51-35(45)15-10-25-16-33(49-2)36(34(17-25)50-3)52-29-18-26-11-12-27(19-29)43(26)23-37(46,38(39,40)41)31-22-42(21-24-8-6-5-7-9-24)32-20-28(44(47)48)13-14-30(31)32/h5-10,13-17,20,22,26-27,29,46H,4,11-12,18-19,21,23H2,1-3H3. The molecule has 3 aromatic carbocycles. The summed E-state index contributed by atoms with van der Waals surface area (Å²) in [6.45, 7) is 1.39. The maximum Gasteiger partial charge on any atom is 0.422 e. The molecule has 2 saturated heterocycles. The van der Waals surface area contributed by atoms with E-state index in [1.165, 1.54) is 43.2 Å². The number of nitro benzene ring substituents is 1. The van der Waals surface area contributed by atoms with Crippen molar-refractivity contribution in [3.8, 4) is 17.2 Å². The Labute approximate surface area is 298 Å². The fourth-order valence-corrected chi connectivity index (χ4v) is 7.44. The van der Waals surface area contributed by atoms with Crippen molar-refractivity contribution in [2.45, 2.75) is 69.1 Å². The van der Waals surface area contributed by atoms with E-state index in [9.17, 15) is 20.0 Å². The molecular formula is C38H40F3N3O8. The van der Waals surface area contributed by atoms with E-state index in [0.717, 1.165) is 11.6 Å². The van der Waals surface area contributed by atoms with Gasteiger partial charge in [-0.1, -0.05) is 30.3 Å². The minimum Gasteiger partial charge on any atom is -0.493 e. The van der Waals surface area contributed by atoms with Crippen molar-refractivity contribution in [3.05, 3.63) is 99.7 Å². The number of hydrogen-bond donors (Lipinski definition) is 1. The van der Waals surface area contributed by atoms with Gasteiger partial charge in [-0.25, -0.2) is 4.79 Å². The summed E-state index contributed by atoms with van der Waals surface area (Å²) in [6.07, 6.45) is 0.691. The number of methoxy groups -OCH3 is 2. The van der Waals surface area contributed by atoms with Crippen LogP contribution >= 0.6 is 0 Å². The third-order valence-corrected chi connectivity index (χ3v) is 9.91. The number of alkyl halides is 3. The Bertz CT molecular complexity index is 1930. The highest BCUT2D eigenvalue weighted by Gasteiger charge is 2.59. The summed E-state index contributed by atoms with van der Waals surface area (Å²) in [5.41, 5.74) is -2.30. The zero-order valence-corrected chi connectivity index (χ0v) is 29.0. The molecule has 3 heterocycles. The number of hydrogen-bond acceptors (Lipinski definition) is 9. The SMILES string of the molecule is CCOC(=O)C=Cc1cc(OC)c(OC2CC3CCC(C2)N3CC(O)(c2cn(Cc3ccccc3)c3cc([N+](=O)[O-])ccc23)C(F)(F)F)c(OC)c1. The van der Waals surface area contributed by atoms with Crippen LogP contribution in [0.4, 0.5) is 18.9 Å². The van der Waals surface area contributed by atoms with E-state index in [-0.39, 0.29) is 53.5 Å². The average Bonchev–Trinajstić information content (AvgIpc) is 3.58. The number of non-ortho nitro benzene ring substituents is 1. The van der Waals surface area contributed by atoms with E-state index in [0.29, 0.717) is 48.5 Å². The molecule has 0 aliphatic carbocycles. The predicted molar refractivity (Wildman–Crippen MR) is 186 cm³/mol. The van der Waals surface area contributed by atoms with Gasteiger partial charge in [0.05, 0.1) is 31.3 Å². The third kappa shape index (κ3) is 7.30. The molecule has 52 heavy (non-hydrogen) atoms. The Morgan fingerprint density at radius 2 is 1.67 bits per heavy atom. The molecule has 2 aliphatic heterocycles. The van der Waals surface area contributed by atoms with Gasteiger partial charge < -0.3 is 28.6 Å². The second-order valence-corrected chi connectivity index (χ2v) is 13.1. The van der Waals surface area contributed by atoms with Gasteiger partial charge in [-0.15, -0.1) is 0 Å². The minimum atomic E-state index is -5.07. The van der Waals surface area contributed by atoms with Crippen molar-refractivity contribution in [2.24, 2.45) is 0 Å². The first kappa shape index (κ1) is 36.7. The first-order chi connectivity index (χ1) is 24.8. The summed E-state index contributed by atoms with van der Waals surface area (Å²) in [6, 6.07) is 15.5. The summed E-state index contributed by atoms with van der Waals surface area (Å²) < 4.78 is 69.8. The largest absolute Gasteiger partial charge is 0.493 e. The monoisotopic (exact) mass is 723 g/mol. The van der Waals surface area contributed by atoms with Crippen LogP contribution < -0.4 is 14.2 Å². The van der Waals surface area contributed by atoms with Crippen molar-refractivity contribution in [1.82, 2.24) is 9.47 Å². The number of fused-ring (bicyclic) bond motifs is 3. The Balaban J connectivity index is 1.27. The second-order valence-electron chi connectivity index (χ2n) is 13.1. The number of esters is 1. The van der Waals surface area contributed by atoms with E-state index in [1.807, 2.05) is 18.2 Å². The van der Waals surface area contributed by atoms with Crippen molar-refractivity contribution >= 4 is 28.6 Å². The zero-order chi connectivity index (χ0) is 37.2. The molecule has 0 amide bonds. The van der Waals surface area contributed by atoms with Gasteiger partial charge in [0.25, 0.3) is 5.69 Å². The van der Waals surface area contributed by atoms with Crippen molar-refractivity contribution in [2.75, 3.05) is 27.4 Å². The van der Waals surface area contributed by atoms with Crippen LogP contribution in [0.2, 0.25) is 0 Å². The highest BCUT2D eigenvalue weighted by molar-refractivity contribution is 5.88. The first-order valence-corrected chi connectivity index (χ1v) is 17.0.